The Morgan fingerprint density at radius 1 is 1.19 bits per heavy atom. The van der Waals surface area contributed by atoms with E-state index in [1.165, 1.54) is 12.5 Å². The van der Waals surface area contributed by atoms with Crippen LogP contribution in [-0.4, -0.2) is 20.3 Å². The molecule has 0 aliphatic carbocycles. The van der Waals surface area contributed by atoms with Crippen LogP contribution in [0.5, 0.6) is 0 Å². The first-order chi connectivity index (χ1) is 10.3. The van der Waals surface area contributed by atoms with Crippen molar-refractivity contribution in [2.45, 2.75) is 18.1 Å². The third kappa shape index (κ3) is 2.12. The van der Waals surface area contributed by atoms with Crippen molar-refractivity contribution in [3.63, 3.8) is 0 Å². The molecule has 0 saturated carbocycles. The van der Waals surface area contributed by atoms with Crippen LogP contribution in [0.1, 0.15) is 23.9 Å². The fourth-order valence-electron chi connectivity index (χ4n) is 2.80. The number of nitrogens with zero attached hydrogens (tertiary/aromatic N) is 3. The molecule has 1 fully saturated rings. The fourth-order valence-corrected chi connectivity index (χ4v) is 4.06. The molecule has 1 unspecified atom stereocenters. The lowest BCUT2D eigenvalue weighted by Crippen LogP contribution is -2.06. The van der Waals surface area contributed by atoms with Crippen LogP contribution in [0.3, 0.4) is 0 Å². The normalized spacial score (nSPS) is 18.4. The van der Waals surface area contributed by atoms with Gasteiger partial charge in [-0.1, -0.05) is 12.1 Å². The van der Waals surface area contributed by atoms with Crippen LogP contribution in [0.2, 0.25) is 0 Å². The molecule has 0 N–H and O–H groups in total. The van der Waals surface area contributed by atoms with Crippen LogP contribution in [0.15, 0.2) is 42.6 Å². The molecule has 0 amide bonds. The molecule has 0 spiro atoms. The van der Waals surface area contributed by atoms with Crippen molar-refractivity contribution in [2.24, 2.45) is 0 Å². The maximum absolute atomic E-state index is 14.3. The van der Waals surface area contributed by atoms with E-state index < -0.39 is 0 Å². The zero-order chi connectivity index (χ0) is 14.2. The van der Waals surface area contributed by atoms with E-state index in [1.807, 2.05) is 34.5 Å². The van der Waals surface area contributed by atoms with Gasteiger partial charge >= 0.3 is 0 Å². The van der Waals surface area contributed by atoms with Gasteiger partial charge < -0.3 is 0 Å². The van der Waals surface area contributed by atoms with E-state index in [0.717, 1.165) is 29.2 Å². The van der Waals surface area contributed by atoms with Crippen molar-refractivity contribution in [3.05, 3.63) is 54.2 Å². The molecular formula is C16H14FN3S. The molecule has 0 bridgehead atoms. The van der Waals surface area contributed by atoms with E-state index in [9.17, 15) is 4.39 Å². The highest BCUT2D eigenvalue weighted by atomic mass is 32.2. The first kappa shape index (κ1) is 12.8. The van der Waals surface area contributed by atoms with E-state index in [2.05, 4.69) is 4.98 Å². The van der Waals surface area contributed by atoms with Crippen LogP contribution in [0.25, 0.3) is 16.9 Å². The van der Waals surface area contributed by atoms with Crippen molar-refractivity contribution in [1.82, 2.24) is 14.5 Å². The second kappa shape index (κ2) is 5.15. The Hall–Kier alpha value is -1.88. The predicted molar refractivity (Wildman–Crippen MR) is 83.3 cm³/mol. The smallest absolute Gasteiger partial charge is 0.164 e. The monoisotopic (exact) mass is 299 g/mol. The lowest BCUT2D eigenvalue weighted by Gasteiger charge is -2.13. The molecule has 3 aromatic rings. The Kier molecular flexibility index (Phi) is 3.15. The van der Waals surface area contributed by atoms with Crippen LogP contribution >= 0.6 is 11.8 Å². The van der Waals surface area contributed by atoms with Crippen LogP contribution in [0, 0.1) is 5.82 Å². The summed E-state index contributed by atoms with van der Waals surface area (Å²) < 4.78 is 16.1. The van der Waals surface area contributed by atoms with Crippen molar-refractivity contribution in [3.8, 4) is 5.69 Å². The summed E-state index contributed by atoms with van der Waals surface area (Å²) in [6, 6.07) is 10.6. The largest absolute Gasteiger partial charge is 0.277 e. The van der Waals surface area contributed by atoms with Gasteiger partial charge in [0, 0.05) is 6.20 Å². The summed E-state index contributed by atoms with van der Waals surface area (Å²) in [5.74, 6) is 1.81. The Morgan fingerprint density at radius 2 is 2.10 bits per heavy atom. The van der Waals surface area contributed by atoms with E-state index >= 15 is 0 Å². The Morgan fingerprint density at radius 3 is 2.90 bits per heavy atom. The highest BCUT2D eigenvalue weighted by Gasteiger charge is 2.26. The molecule has 3 heterocycles. The quantitative estimate of drug-likeness (QED) is 0.713. The number of halogens is 1. The maximum Gasteiger partial charge on any atom is 0.164 e. The number of para-hydroxylation sites is 1. The summed E-state index contributed by atoms with van der Waals surface area (Å²) in [5, 5.41) is 0.318. The number of imidazole rings is 1. The number of pyridine rings is 1. The predicted octanol–water partition coefficient (Wildman–Crippen LogP) is 4.13. The molecule has 1 aromatic carbocycles. The van der Waals surface area contributed by atoms with Crippen LogP contribution in [0.4, 0.5) is 4.39 Å². The van der Waals surface area contributed by atoms with Gasteiger partial charge in [0.15, 0.2) is 5.65 Å². The third-order valence-electron chi connectivity index (χ3n) is 3.75. The van der Waals surface area contributed by atoms with Gasteiger partial charge in [-0.05, 0) is 42.9 Å². The zero-order valence-corrected chi connectivity index (χ0v) is 12.2. The van der Waals surface area contributed by atoms with Gasteiger partial charge in [-0.15, -0.1) is 0 Å². The molecule has 0 radical (unpaired) electrons. The Balaban J connectivity index is 2.00. The molecule has 106 valence electrons. The standard InChI is InChI=1S/C16H14FN3S/c17-11-5-1-2-7-13(11)20-15-12(6-3-9-18-15)19-16(20)14-8-4-10-21-14/h1-3,5-7,9,14H,4,8,10H2. The number of hydrogen-bond acceptors (Lipinski definition) is 3. The van der Waals surface area contributed by atoms with Crippen molar-refractivity contribution in [1.29, 1.82) is 0 Å². The Labute approximate surface area is 126 Å². The molecule has 3 nitrogen and oxygen atoms in total. The minimum absolute atomic E-state index is 0.244. The minimum atomic E-state index is -0.244. The average molecular weight is 299 g/mol. The van der Waals surface area contributed by atoms with E-state index in [-0.39, 0.29) is 5.82 Å². The highest BCUT2D eigenvalue weighted by molar-refractivity contribution is 7.99. The van der Waals surface area contributed by atoms with Crippen LogP contribution in [-0.2, 0) is 0 Å². The second-order valence-corrected chi connectivity index (χ2v) is 6.42. The molecule has 1 aliphatic rings. The summed E-state index contributed by atoms with van der Waals surface area (Å²) in [7, 11) is 0. The first-order valence-corrected chi connectivity index (χ1v) is 8.09. The molecule has 5 heteroatoms. The van der Waals surface area contributed by atoms with Crippen molar-refractivity contribution >= 4 is 22.9 Å². The minimum Gasteiger partial charge on any atom is -0.277 e. The zero-order valence-electron chi connectivity index (χ0n) is 11.4. The third-order valence-corrected chi connectivity index (χ3v) is 5.13. The molecule has 1 atom stereocenters. The second-order valence-electron chi connectivity index (χ2n) is 5.10. The first-order valence-electron chi connectivity index (χ1n) is 7.04. The van der Waals surface area contributed by atoms with Gasteiger partial charge in [0.1, 0.15) is 17.2 Å². The van der Waals surface area contributed by atoms with Crippen molar-refractivity contribution in [2.75, 3.05) is 5.75 Å². The van der Waals surface area contributed by atoms with Gasteiger partial charge in [0.25, 0.3) is 0 Å². The summed E-state index contributed by atoms with van der Waals surface area (Å²) in [5.41, 5.74) is 2.08. The number of benzene rings is 1. The number of hydrogen-bond donors (Lipinski definition) is 0. The summed E-state index contributed by atoms with van der Waals surface area (Å²) in [6.45, 7) is 0. The van der Waals surface area contributed by atoms with E-state index in [4.69, 9.17) is 4.98 Å². The number of fused-ring (bicyclic) bond motifs is 1. The van der Waals surface area contributed by atoms with Gasteiger partial charge in [0.2, 0.25) is 0 Å². The SMILES string of the molecule is Fc1ccccc1-n1c(C2CCCS2)nc2cccnc21. The lowest BCUT2D eigenvalue weighted by molar-refractivity contribution is 0.614. The number of aromatic nitrogens is 3. The van der Waals surface area contributed by atoms with Crippen LogP contribution < -0.4 is 0 Å². The van der Waals surface area contributed by atoms with E-state index in [1.54, 1.807) is 18.3 Å². The molecule has 2 aromatic heterocycles. The molecule has 4 rings (SSSR count). The maximum atomic E-state index is 14.3. The van der Waals surface area contributed by atoms with E-state index in [0.29, 0.717) is 10.9 Å². The molecule has 21 heavy (non-hydrogen) atoms. The molecule has 1 saturated heterocycles. The van der Waals surface area contributed by atoms with Gasteiger partial charge in [-0.2, -0.15) is 11.8 Å². The Bertz CT molecular complexity index is 793. The van der Waals surface area contributed by atoms with Gasteiger partial charge in [-0.3, -0.25) is 4.57 Å². The lowest BCUT2D eigenvalue weighted by atomic mass is 10.2. The summed E-state index contributed by atoms with van der Waals surface area (Å²) >= 11 is 1.89. The fraction of sp³-hybridized carbons (Fsp3) is 0.250. The van der Waals surface area contributed by atoms with Gasteiger partial charge in [-0.25, -0.2) is 14.4 Å². The topological polar surface area (TPSA) is 30.7 Å². The molecule has 1 aliphatic heterocycles. The summed E-state index contributed by atoms with van der Waals surface area (Å²) in [4.78, 5) is 9.14. The number of rotatable bonds is 2. The molecular weight excluding hydrogens is 285 g/mol. The summed E-state index contributed by atoms with van der Waals surface area (Å²) in [6.07, 6.45) is 4.00. The van der Waals surface area contributed by atoms with Crippen molar-refractivity contribution < 1.29 is 4.39 Å². The number of thioether (sulfide) groups is 1. The average Bonchev–Trinajstić information content (AvgIpc) is 3.15. The van der Waals surface area contributed by atoms with Gasteiger partial charge in [0.05, 0.1) is 10.9 Å². The highest BCUT2D eigenvalue weighted by Crippen LogP contribution is 2.41.